The maximum atomic E-state index is 11.1. The van der Waals surface area contributed by atoms with Gasteiger partial charge in [-0.15, -0.1) is 0 Å². The minimum absolute atomic E-state index is 0.351. The minimum atomic E-state index is -0.351. The fourth-order valence-corrected chi connectivity index (χ4v) is 1.19. The molecule has 0 aliphatic heterocycles. The van der Waals surface area contributed by atoms with Crippen molar-refractivity contribution in [2.24, 2.45) is 5.92 Å². The van der Waals surface area contributed by atoms with Crippen molar-refractivity contribution in [2.75, 3.05) is 13.6 Å². The van der Waals surface area contributed by atoms with Crippen LogP contribution < -0.4 is 5.32 Å². The van der Waals surface area contributed by atoms with Gasteiger partial charge in [0.1, 0.15) is 0 Å². The molecule has 0 radical (unpaired) electrons. The van der Waals surface area contributed by atoms with Crippen molar-refractivity contribution in [1.29, 1.82) is 0 Å². The van der Waals surface area contributed by atoms with E-state index in [2.05, 4.69) is 19.2 Å². The van der Waals surface area contributed by atoms with Crippen molar-refractivity contribution in [3.05, 3.63) is 11.8 Å². The van der Waals surface area contributed by atoms with E-state index in [-0.39, 0.29) is 5.91 Å². The second-order valence-corrected chi connectivity index (χ2v) is 3.74. The molecule has 0 heterocycles. The first-order chi connectivity index (χ1) is 6.47. The summed E-state index contributed by atoms with van der Waals surface area (Å²) in [6.07, 6.45) is 2.13. The van der Waals surface area contributed by atoms with Crippen LogP contribution in [0.3, 0.4) is 0 Å². The molecular formula is C10H18N2O2. The van der Waals surface area contributed by atoms with E-state index in [1.807, 2.05) is 11.9 Å². The third-order valence-electron chi connectivity index (χ3n) is 1.62. The highest BCUT2D eigenvalue weighted by Gasteiger charge is 2.04. The zero-order valence-corrected chi connectivity index (χ0v) is 9.20. The van der Waals surface area contributed by atoms with Crippen LogP contribution >= 0.6 is 0 Å². The third-order valence-corrected chi connectivity index (χ3v) is 1.62. The second-order valence-electron chi connectivity index (χ2n) is 3.74. The van der Waals surface area contributed by atoms with Gasteiger partial charge in [-0.2, -0.15) is 0 Å². The number of hydrogen-bond acceptors (Lipinski definition) is 3. The normalized spacial score (nSPS) is 11.4. The summed E-state index contributed by atoms with van der Waals surface area (Å²) < 4.78 is 0. The Balaban J connectivity index is 4.20. The Labute approximate surface area is 85.0 Å². The van der Waals surface area contributed by atoms with Gasteiger partial charge in [-0.25, -0.2) is 0 Å². The summed E-state index contributed by atoms with van der Waals surface area (Å²) in [6, 6.07) is 0. The van der Waals surface area contributed by atoms with Crippen molar-refractivity contribution < 1.29 is 9.59 Å². The summed E-state index contributed by atoms with van der Waals surface area (Å²) in [5.74, 6) is 0.189. The van der Waals surface area contributed by atoms with Gasteiger partial charge in [0.05, 0.1) is 0 Å². The lowest BCUT2D eigenvalue weighted by Gasteiger charge is -2.17. The van der Waals surface area contributed by atoms with Crippen LogP contribution in [-0.2, 0) is 9.59 Å². The Morgan fingerprint density at radius 1 is 1.50 bits per heavy atom. The molecule has 0 saturated carbocycles. The molecule has 0 spiro atoms. The Bertz CT molecular complexity index is 234. The van der Waals surface area contributed by atoms with E-state index in [9.17, 15) is 9.59 Å². The molecule has 0 atom stereocenters. The number of imide groups is 1. The van der Waals surface area contributed by atoms with Crippen LogP contribution in [0.15, 0.2) is 11.8 Å². The van der Waals surface area contributed by atoms with Crippen LogP contribution in [0.2, 0.25) is 0 Å². The molecule has 2 amide bonds. The van der Waals surface area contributed by atoms with Gasteiger partial charge in [-0.1, -0.05) is 13.8 Å². The molecule has 0 bridgehead atoms. The average Bonchev–Trinajstić information content (AvgIpc) is 2.02. The first kappa shape index (κ1) is 12.7. The van der Waals surface area contributed by atoms with E-state index in [1.165, 1.54) is 0 Å². The smallest absolute Gasteiger partial charge is 0.254 e. The summed E-state index contributed by atoms with van der Waals surface area (Å²) in [4.78, 5) is 23.1. The number of carbonyl (C=O) groups excluding carboxylic acids is 2. The first-order valence-corrected chi connectivity index (χ1v) is 4.60. The first-order valence-electron chi connectivity index (χ1n) is 4.60. The highest BCUT2D eigenvalue weighted by Crippen LogP contribution is 2.00. The number of nitrogens with zero attached hydrogens (tertiary/aromatic N) is 1. The van der Waals surface area contributed by atoms with Gasteiger partial charge < -0.3 is 4.90 Å². The number of amides is 2. The molecule has 14 heavy (non-hydrogen) atoms. The van der Waals surface area contributed by atoms with Crippen LogP contribution in [0, 0.1) is 5.92 Å². The van der Waals surface area contributed by atoms with Gasteiger partial charge in [-0.05, 0) is 12.8 Å². The molecule has 0 fully saturated rings. The zero-order chi connectivity index (χ0) is 11.1. The molecule has 0 rings (SSSR count). The molecule has 0 aromatic carbocycles. The molecule has 0 unspecified atom stereocenters. The fraction of sp³-hybridized carbons (Fsp3) is 0.600. The molecule has 1 N–H and O–H groups in total. The van der Waals surface area contributed by atoms with E-state index in [4.69, 9.17) is 0 Å². The lowest BCUT2D eigenvalue weighted by Crippen LogP contribution is -2.25. The Kier molecular flexibility index (Phi) is 5.60. The van der Waals surface area contributed by atoms with Crippen LogP contribution in [0.5, 0.6) is 0 Å². The van der Waals surface area contributed by atoms with Crippen molar-refractivity contribution in [3.63, 3.8) is 0 Å². The maximum absolute atomic E-state index is 11.1. The Morgan fingerprint density at radius 2 is 2.07 bits per heavy atom. The topological polar surface area (TPSA) is 49.4 Å². The summed E-state index contributed by atoms with van der Waals surface area (Å²) in [6.45, 7) is 6.76. The van der Waals surface area contributed by atoms with Gasteiger partial charge >= 0.3 is 0 Å². The maximum Gasteiger partial charge on any atom is 0.254 e. The third kappa shape index (κ3) is 5.35. The largest absolute Gasteiger partial charge is 0.380 e. The lowest BCUT2D eigenvalue weighted by molar-refractivity contribution is -0.122. The monoisotopic (exact) mass is 198 g/mol. The van der Waals surface area contributed by atoms with Crippen molar-refractivity contribution >= 4 is 12.3 Å². The van der Waals surface area contributed by atoms with Gasteiger partial charge in [0.15, 0.2) is 0 Å². The highest BCUT2D eigenvalue weighted by molar-refractivity contribution is 5.98. The SMILES string of the molecule is C/C(=C/N(C)CC(C)C)C(=O)NC=O. The van der Waals surface area contributed by atoms with Crippen molar-refractivity contribution in [3.8, 4) is 0 Å². The second kappa shape index (κ2) is 6.18. The lowest BCUT2D eigenvalue weighted by atomic mass is 10.2. The molecule has 80 valence electrons. The van der Waals surface area contributed by atoms with Crippen molar-refractivity contribution in [1.82, 2.24) is 10.2 Å². The van der Waals surface area contributed by atoms with E-state index >= 15 is 0 Å². The molecule has 4 nitrogen and oxygen atoms in total. The van der Waals surface area contributed by atoms with Gasteiger partial charge in [0.25, 0.3) is 5.91 Å². The van der Waals surface area contributed by atoms with Crippen LogP contribution in [0.4, 0.5) is 0 Å². The van der Waals surface area contributed by atoms with Gasteiger partial charge in [0.2, 0.25) is 6.41 Å². The summed E-state index contributed by atoms with van der Waals surface area (Å²) >= 11 is 0. The predicted octanol–water partition coefficient (Wildman–Crippen LogP) is 0.751. The summed E-state index contributed by atoms with van der Waals surface area (Å²) in [5, 5.41) is 2.09. The van der Waals surface area contributed by atoms with Crippen LogP contribution in [0.1, 0.15) is 20.8 Å². The van der Waals surface area contributed by atoms with Crippen molar-refractivity contribution in [2.45, 2.75) is 20.8 Å². The number of nitrogens with one attached hydrogen (secondary N) is 1. The van der Waals surface area contributed by atoms with Gasteiger partial charge in [-0.3, -0.25) is 14.9 Å². The van der Waals surface area contributed by atoms with E-state index in [0.717, 1.165) is 6.54 Å². The molecule has 0 aliphatic rings. The Morgan fingerprint density at radius 3 is 2.50 bits per heavy atom. The highest BCUT2D eigenvalue weighted by atomic mass is 16.2. The van der Waals surface area contributed by atoms with Crippen LogP contribution in [-0.4, -0.2) is 30.8 Å². The quantitative estimate of drug-likeness (QED) is 0.524. The Hall–Kier alpha value is -1.32. The van der Waals surface area contributed by atoms with Gasteiger partial charge in [0, 0.05) is 25.4 Å². The molecule has 0 saturated heterocycles. The zero-order valence-electron chi connectivity index (χ0n) is 9.20. The molecule has 0 aromatic heterocycles. The van der Waals surface area contributed by atoms with E-state index in [0.29, 0.717) is 17.9 Å². The number of hydrogen-bond donors (Lipinski definition) is 1. The van der Waals surface area contributed by atoms with Crippen LogP contribution in [0.25, 0.3) is 0 Å². The van der Waals surface area contributed by atoms with E-state index in [1.54, 1.807) is 13.1 Å². The average molecular weight is 198 g/mol. The summed E-state index contributed by atoms with van der Waals surface area (Å²) in [5.41, 5.74) is 0.528. The predicted molar refractivity (Wildman–Crippen MR) is 55.4 cm³/mol. The standard InChI is InChI=1S/C10H18N2O2/c1-8(2)5-12(4)6-9(3)10(14)11-7-13/h6-8H,5H2,1-4H3,(H,11,13,14)/b9-6-. The minimum Gasteiger partial charge on any atom is -0.380 e. The fourth-order valence-electron chi connectivity index (χ4n) is 1.19. The summed E-state index contributed by atoms with van der Waals surface area (Å²) in [7, 11) is 1.90. The molecule has 0 aliphatic carbocycles. The van der Waals surface area contributed by atoms with E-state index < -0.39 is 0 Å². The number of rotatable bonds is 5. The molecule has 4 heteroatoms. The number of carbonyl (C=O) groups is 2. The molecular weight excluding hydrogens is 180 g/mol. The molecule has 0 aromatic rings.